The average Bonchev–Trinajstić information content (AvgIpc) is 2.58. The van der Waals surface area contributed by atoms with Gasteiger partial charge in [-0.25, -0.2) is 0 Å². The summed E-state index contributed by atoms with van der Waals surface area (Å²) in [7, 11) is 0. The van der Waals surface area contributed by atoms with Crippen molar-refractivity contribution in [3.8, 4) is 16.9 Å². The zero-order valence-electron chi connectivity index (χ0n) is 13.9. The Balaban J connectivity index is 1.97. The molecule has 2 rings (SSSR count). The van der Waals surface area contributed by atoms with E-state index >= 15 is 0 Å². The highest BCUT2D eigenvalue weighted by molar-refractivity contribution is 5.91. The normalized spacial score (nSPS) is 10.9. The van der Waals surface area contributed by atoms with Crippen LogP contribution in [0.4, 0.5) is 0 Å². The van der Waals surface area contributed by atoms with Crippen molar-refractivity contribution in [2.24, 2.45) is 0 Å². The minimum absolute atomic E-state index is 0.0589. The van der Waals surface area contributed by atoms with E-state index < -0.39 is 0 Å². The molecular formula is C21H24O2. The topological polar surface area (TPSA) is 26.3 Å². The molecule has 0 aliphatic rings. The lowest BCUT2D eigenvalue weighted by atomic mass is 10.0. The monoisotopic (exact) mass is 308 g/mol. The number of ether oxygens (including phenoxy) is 1. The number of carbonyl (C=O) groups excluding carboxylic acids is 1. The molecule has 2 aromatic rings. The summed E-state index contributed by atoms with van der Waals surface area (Å²) in [6.07, 6.45) is 6.94. The fourth-order valence-corrected chi connectivity index (χ4v) is 2.29. The molecule has 23 heavy (non-hydrogen) atoms. The molecule has 120 valence electrons. The molecule has 0 saturated carbocycles. The van der Waals surface area contributed by atoms with Crippen LogP contribution in [0.25, 0.3) is 17.2 Å². The minimum Gasteiger partial charge on any atom is -0.494 e. The fraction of sp³-hybridized carbons (Fsp3) is 0.286. The number of rotatable bonds is 8. The Bertz CT molecular complexity index is 637. The Hall–Kier alpha value is -2.35. The number of allylic oxidation sites excluding steroid dienone is 1. The minimum atomic E-state index is 0.0589. The van der Waals surface area contributed by atoms with Crippen LogP contribution in [0.15, 0.2) is 54.6 Å². The van der Waals surface area contributed by atoms with Crippen molar-refractivity contribution in [3.05, 3.63) is 60.2 Å². The van der Waals surface area contributed by atoms with Gasteiger partial charge in [0.2, 0.25) is 0 Å². The lowest BCUT2D eigenvalue weighted by Crippen LogP contribution is -1.96. The van der Waals surface area contributed by atoms with E-state index in [-0.39, 0.29) is 5.78 Å². The first kappa shape index (κ1) is 17.0. The summed E-state index contributed by atoms with van der Waals surface area (Å²) >= 11 is 0. The van der Waals surface area contributed by atoms with Crippen LogP contribution in [0.3, 0.4) is 0 Å². The van der Waals surface area contributed by atoms with Crippen LogP contribution >= 0.6 is 0 Å². The van der Waals surface area contributed by atoms with Gasteiger partial charge in [0, 0.05) is 0 Å². The molecule has 0 atom stereocenters. The molecular weight excluding hydrogens is 284 g/mol. The number of ketones is 1. The van der Waals surface area contributed by atoms with Gasteiger partial charge in [0.25, 0.3) is 0 Å². The number of benzene rings is 2. The largest absolute Gasteiger partial charge is 0.494 e. The number of carbonyl (C=O) groups is 1. The highest BCUT2D eigenvalue weighted by Gasteiger charge is 1.99. The zero-order chi connectivity index (χ0) is 16.5. The first-order valence-corrected chi connectivity index (χ1v) is 8.21. The molecule has 0 aliphatic carbocycles. The van der Waals surface area contributed by atoms with Gasteiger partial charge in [-0.15, -0.1) is 0 Å². The fourth-order valence-electron chi connectivity index (χ4n) is 2.29. The zero-order valence-corrected chi connectivity index (χ0v) is 13.9. The van der Waals surface area contributed by atoms with E-state index in [1.165, 1.54) is 12.8 Å². The van der Waals surface area contributed by atoms with E-state index in [0.29, 0.717) is 0 Å². The van der Waals surface area contributed by atoms with Crippen LogP contribution < -0.4 is 4.74 Å². The molecule has 2 aromatic carbocycles. The van der Waals surface area contributed by atoms with E-state index in [1.807, 2.05) is 30.3 Å². The second-order valence-corrected chi connectivity index (χ2v) is 5.65. The molecule has 0 heterocycles. The Labute approximate surface area is 138 Å². The summed E-state index contributed by atoms with van der Waals surface area (Å²) in [5, 5.41) is 0. The van der Waals surface area contributed by atoms with Gasteiger partial charge in [0.1, 0.15) is 5.75 Å². The summed E-state index contributed by atoms with van der Waals surface area (Å²) in [5.41, 5.74) is 3.34. The molecule has 0 N–H and O–H groups in total. The van der Waals surface area contributed by atoms with Crippen LogP contribution in [-0.2, 0) is 4.79 Å². The van der Waals surface area contributed by atoms with E-state index in [9.17, 15) is 4.79 Å². The first-order chi connectivity index (χ1) is 11.2. The standard InChI is InChI=1S/C21H24O2/c1-3-4-5-16-23-21-14-12-20(13-15-21)19-10-8-18(9-11-19)7-6-17(2)22/h6-15H,3-5,16H2,1-2H3/b7-6-. The van der Waals surface area contributed by atoms with Gasteiger partial charge in [-0.2, -0.15) is 0 Å². The maximum atomic E-state index is 11.0. The molecule has 2 nitrogen and oxygen atoms in total. The van der Waals surface area contributed by atoms with E-state index in [4.69, 9.17) is 4.74 Å². The molecule has 0 amide bonds. The van der Waals surface area contributed by atoms with Gasteiger partial charge in [-0.1, -0.05) is 62.2 Å². The van der Waals surface area contributed by atoms with Crippen molar-refractivity contribution >= 4 is 11.9 Å². The first-order valence-electron chi connectivity index (χ1n) is 8.21. The lowest BCUT2D eigenvalue weighted by molar-refractivity contribution is -0.112. The number of unbranched alkanes of at least 4 members (excludes halogenated alkanes) is 2. The third-order valence-corrected chi connectivity index (χ3v) is 3.63. The average molecular weight is 308 g/mol. The molecule has 0 spiro atoms. The molecule has 2 heteroatoms. The van der Waals surface area contributed by atoms with Crippen molar-refractivity contribution in [2.75, 3.05) is 6.61 Å². The van der Waals surface area contributed by atoms with E-state index in [2.05, 4.69) is 31.2 Å². The van der Waals surface area contributed by atoms with Gasteiger partial charge in [-0.05, 0) is 48.2 Å². The molecule has 0 radical (unpaired) electrons. The van der Waals surface area contributed by atoms with Gasteiger partial charge >= 0.3 is 0 Å². The molecule has 0 fully saturated rings. The highest BCUT2D eigenvalue weighted by Crippen LogP contribution is 2.23. The third-order valence-electron chi connectivity index (χ3n) is 3.63. The van der Waals surface area contributed by atoms with Crippen LogP contribution in [0.5, 0.6) is 5.75 Å². The Kier molecular flexibility index (Phi) is 6.61. The van der Waals surface area contributed by atoms with Crippen LogP contribution in [0.2, 0.25) is 0 Å². The van der Waals surface area contributed by atoms with Crippen LogP contribution in [0.1, 0.15) is 38.7 Å². The van der Waals surface area contributed by atoms with Crippen molar-refractivity contribution < 1.29 is 9.53 Å². The van der Waals surface area contributed by atoms with Gasteiger partial charge in [-0.3, -0.25) is 4.79 Å². The van der Waals surface area contributed by atoms with Crippen LogP contribution in [0, 0.1) is 0 Å². The number of hydrogen-bond donors (Lipinski definition) is 0. The second kappa shape index (κ2) is 8.94. The predicted molar refractivity (Wildman–Crippen MR) is 96.6 cm³/mol. The van der Waals surface area contributed by atoms with Crippen molar-refractivity contribution in [1.29, 1.82) is 0 Å². The summed E-state index contributed by atoms with van der Waals surface area (Å²) in [4.78, 5) is 11.0. The predicted octanol–water partition coefficient (Wildman–Crippen LogP) is 5.52. The SMILES string of the molecule is CCCCCOc1ccc(-c2ccc(/C=C\C(C)=O)cc2)cc1. The van der Waals surface area contributed by atoms with Crippen molar-refractivity contribution in [2.45, 2.75) is 33.1 Å². The summed E-state index contributed by atoms with van der Waals surface area (Å²) in [5.74, 6) is 0.981. The molecule has 0 unspecified atom stereocenters. The second-order valence-electron chi connectivity index (χ2n) is 5.65. The molecule has 0 aliphatic heterocycles. The highest BCUT2D eigenvalue weighted by atomic mass is 16.5. The lowest BCUT2D eigenvalue weighted by Gasteiger charge is -2.07. The van der Waals surface area contributed by atoms with Crippen molar-refractivity contribution in [3.63, 3.8) is 0 Å². The van der Waals surface area contributed by atoms with E-state index in [0.717, 1.165) is 35.5 Å². The Morgan fingerprint density at radius 1 is 0.957 bits per heavy atom. The summed E-state index contributed by atoms with van der Waals surface area (Å²) in [6.45, 7) is 4.52. The Morgan fingerprint density at radius 2 is 1.57 bits per heavy atom. The third kappa shape index (κ3) is 5.74. The quantitative estimate of drug-likeness (QED) is 0.474. The maximum Gasteiger partial charge on any atom is 0.152 e. The van der Waals surface area contributed by atoms with Crippen molar-refractivity contribution in [1.82, 2.24) is 0 Å². The van der Waals surface area contributed by atoms with Gasteiger partial charge in [0.15, 0.2) is 5.78 Å². The maximum absolute atomic E-state index is 11.0. The Morgan fingerprint density at radius 3 is 2.13 bits per heavy atom. The molecule has 0 saturated heterocycles. The summed E-state index contributed by atoms with van der Waals surface area (Å²) < 4.78 is 5.73. The summed E-state index contributed by atoms with van der Waals surface area (Å²) in [6, 6.07) is 16.4. The van der Waals surface area contributed by atoms with E-state index in [1.54, 1.807) is 13.0 Å². The van der Waals surface area contributed by atoms with Gasteiger partial charge < -0.3 is 4.74 Å². The number of hydrogen-bond acceptors (Lipinski definition) is 2. The van der Waals surface area contributed by atoms with Crippen LogP contribution in [-0.4, -0.2) is 12.4 Å². The smallest absolute Gasteiger partial charge is 0.152 e. The molecule has 0 bridgehead atoms. The molecule has 0 aromatic heterocycles. The van der Waals surface area contributed by atoms with Gasteiger partial charge in [0.05, 0.1) is 6.61 Å².